The third kappa shape index (κ3) is 2.12. The second-order valence-corrected chi connectivity index (χ2v) is 5.08. The van der Waals surface area contributed by atoms with Crippen LogP contribution in [0, 0.1) is 0 Å². The van der Waals surface area contributed by atoms with Crippen LogP contribution in [0.3, 0.4) is 0 Å². The summed E-state index contributed by atoms with van der Waals surface area (Å²) >= 11 is 3.39. The minimum absolute atomic E-state index is 0.417. The fourth-order valence-corrected chi connectivity index (χ4v) is 2.41. The highest BCUT2D eigenvalue weighted by atomic mass is 79.9. The number of hydrogen-bond acceptors (Lipinski definition) is 3. The number of fused-ring (bicyclic) bond motifs is 1. The van der Waals surface area contributed by atoms with Crippen LogP contribution in [-0.4, -0.2) is 43.8 Å². The number of carbonyl (C=O) groups is 2. The Morgan fingerprint density at radius 2 is 2.00 bits per heavy atom. The second kappa shape index (κ2) is 4.58. The maximum Gasteiger partial charge on any atom is 0.299 e. The van der Waals surface area contributed by atoms with Gasteiger partial charge in [-0.2, -0.15) is 0 Å². The molecule has 0 saturated heterocycles. The molecule has 1 aliphatic heterocycles. The summed E-state index contributed by atoms with van der Waals surface area (Å²) in [5, 5.41) is 0. The zero-order valence-corrected chi connectivity index (χ0v) is 11.3. The number of carbonyl (C=O) groups excluding carboxylic acids is 2. The molecule has 1 heterocycles. The number of Topliss-reactive ketones (excluding diaryl/α,β-unsaturated/α-hetero) is 1. The summed E-state index contributed by atoms with van der Waals surface area (Å²) in [6, 6.07) is 5.30. The molecule has 0 N–H and O–H groups in total. The average molecular weight is 297 g/mol. The molecule has 1 amide bonds. The number of para-hydroxylation sites is 1. The van der Waals surface area contributed by atoms with E-state index in [0.29, 0.717) is 17.8 Å². The van der Waals surface area contributed by atoms with E-state index < -0.39 is 11.7 Å². The number of ketones is 1. The lowest BCUT2D eigenvalue weighted by molar-refractivity contribution is -0.114. The van der Waals surface area contributed by atoms with Gasteiger partial charge in [0.25, 0.3) is 11.7 Å². The molecule has 0 saturated carbocycles. The van der Waals surface area contributed by atoms with E-state index in [9.17, 15) is 9.59 Å². The summed E-state index contributed by atoms with van der Waals surface area (Å²) in [6.07, 6.45) is 0. The molecular weight excluding hydrogens is 284 g/mol. The van der Waals surface area contributed by atoms with Crippen LogP contribution >= 0.6 is 15.9 Å². The summed E-state index contributed by atoms with van der Waals surface area (Å²) in [5.41, 5.74) is 1.19. The van der Waals surface area contributed by atoms with E-state index in [1.165, 1.54) is 0 Å². The van der Waals surface area contributed by atoms with Gasteiger partial charge in [-0.1, -0.05) is 6.07 Å². The van der Waals surface area contributed by atoms with Crippen molar-refractivity contribution >= 4 is 33.3 Å². The van der Waals surface area contributed by atoms with Crippen molar-refractivity contribution in [3.8, 4) is 0 Å². The first kappa shape index (κ1) is 12.3. The summed E-state index contributed by atoms with van der Waals surface area (Å²) in [7, 11) is 3.87. The first-order valence-electron chi connectivity index (χ1n) is 5.32. The largest absolute Gasteiger partial charge is 0.308 e. The van der Waals surface area contributed by atoms with Gasteiger partial charge in [-0.05, 0) is 42.2 Å². The fraction of sp³-hybridized carbons (Fsp3) is 0.333. The van der Waals surface area contributed by atoms with E-state index >= 15 is 0 Å². The molecule has 0 aromatic heterocycles. The van der Waals surface area contributed by atoms with Gasteiger partial charge in [-0.15, -0.1) is 0 Å². The van der Waals surface area contributed by atoms with Gasteiger partial charge in [0.2, 0.25) is 0 Å². The Bertz CT molecular complexity index is 485. The topological polar surface area (TPSA) is 40.6 Å². The van der Waals surface area contributed by atoms with E-state index in [1.807, 2.05) is 25.1 Å². The molecule has 0 aliphatic carbocycles. The standard InChI is InChI=1S/C12H13BrN2O2/c1-14(2)6-7-15-10-8(11(16)12(15)17)4-3-5-9(10)13/h3-5H,6-7H2,1-2H3. The van der Waals surface area contributed by atoms with Crippen LogP contribution in [0.4, 0.5) is 5.69 Å². The predicted octanol–water partition coefficient (Wildman–Crippen LogP) is 1.54. The van der Waals surface area contributed by atoms with Crippen LogP contribution in [0.25, 0.3) is 0 Å². The van der Waals surface area contributed by atoms with Crippen molar-refractivity contribution in [2.45, 2.75) is 0 Å². The molecular formula is C12H13BrN2O2. The molecule has 5 heteroatoms. The molecule has 1 aromatic rings. The molecule has 2 rings (SSSR count). The number of nitrogens with zero attached hydrogens (tertiary/aromatic N) is 2. The van der Waals surface area contributed by atoms with Gasteiger partial charge in [0.05, 0.1) is 11.3 Å². The lowest BCUT2D eigenvalue weighted by atomic mass is 10.1. The van der Waals surface area contributed by atoms with Gasteiger partial charge in [0.1, 0.15) is 0 Å². The molecule has 0 bridgehead atoms. The van der Waals surface area contributed by atoms with Gasteiger partial charge >= 0.3 is 0 Å². The average Bonchev–Trinajstić information content (AvgIpc) is 2.52. The summed E-state index contributed by atoms with van der Waals surface area (Å²) in [5.74, 6) is -0.853. The Morgan fingerprint density at radius 1 is 1.29 bits per heavy atom. The minimum atomic E-state index is -0.436. The third-order valence-corrected chi connectivity index (χ3v) is 3.35. The summed E-state index contributed by atoms with van der Waals surface area (Å²) < 4.78 is 0.785. The molecule has 0 spiro atoms. The minimum Gasteiger partial charge on any atom is -0.308 e. The number of anilines is 1. The smallest absolute Gasteiger partial charge is 0.299 e. The van der Waals surface area contributed by atoms with Crippen LogP contribution in [0.1, 0.15) is 10.4 Å². The van der Waals surface area contributed by atoms with Gasteiger partial charge in [0, 0.05) is 17.6 Å². The maximum absolute atomic E-state index is 11.9. The van der Waals surface area contributed by atoms with Crippen LogP contribution in [0.5, 0.6) is 0 Å². The lowest BCUT2D eigenvalue weighted by Crippen LogP contribution is -2.35. The van der Waals surface area contributed by atoms with E-state index in [2.05, 4.69) is 15.9 Å². The van der Waals surface area contributed by atoms with Crippen molar-refractivity contribution in [2.75, 3.05) is 32.1 Å². The highest BCUT2D eigenvalue weighted by Gasteiger charge is 2.36. The zero-order chi connectivity index (χ0) is 12.6. The maximum atomic E-state index is 11.9. The molecule has 90 valence electrons. The Hall–Kier alpha value is -1.20. The molecule has 1 aromatic carbocycles. The van der Waals surface area contributed by atoms with E-state index in [0.717, 1.165) is 11.0 Å². The highest BCUT2D eigenvalue weighted by molar-refractivity contribution is 9.10. The van der Waals surface area contributed by atoms with Crippen molar-refractivity contribution in [2.24, 2.45) is 0 Å². The monoisotopic (exact) mass is 296 g/mol. The third-order valence-electron chi connectivity index (χ3n) is 2.71. The second-order valence-electron chi connectivity index (χ2n) is 4.23. The van der Waals surface area contributed by atoms with Crippen LogP contribution in [0.2, 0.25) is 0 Å². The number of likely N-dealkylation sites (N-methyl/N-ethyl adjacent to an activating group) is 1. The SMILES string of the molecule is CN(C)CCN1C(=O)C(=O)c2cccc(Br)c21. The molecule has 0 unspecified atom stereocenters. The van der Waals surface area contributed by atoms with Gasteiger partial charge in [-0.25, -0.2) is 0 Å². The molecule has 4 nitrogen and oxygen atoms in total. The first-order valence-corrected chi connectivity index (χ1v) is 6.11. The van der Waals surface area contributed by atoms with Crippen LogP contribution in [0.15, 0.2) is 22.7 Å². The zero-order valence-electron chi connectivity index (χ0n) is 9.74. The Kier molecular flexibility index (Phi) is 3.31. The van der Waals surface area contributed by atoms with Crippen molar-refractivity contribution in [3.05, 3.63) is 28.2 Å². The highest BCUT2D eigenvalue weighted by Crippen LogP contribution is 2.35. The number of rotatable bonds is 3. The van der Waals surface area contributed by atoms with Gasteiger partial charge in [-0.3, -0.25) is 9.59 Å². The summed E-state index contributed by atoms with van der Waals surface area (Å²) in [4.78, 5) is 27.2. The number of benzene rings is 1. The molecule has 17 heavy (non-hydrogen) atoms. The number of halogens is 1. The van der Waals surface area contributed by atoms with Crippen molar-refractivity contribution in [3.63, 3.8) is 0 Å². The van der Waals surface area contributed by atoms with E-state index in [-0.39, 0.29) is 0 Å². The van der Waals surface area contributed by atoms with Crippen molar-refractivity contribution in [1.82, 2.24) is 4.90 Å². The summed E-state index contributed by atoms with van der Waals surface area (Å²) in [6.45, 7) is 1.24. The molecule has 0 atom stereocenters. The number of amides is 1. The predicted molar refractivity (Wildman–Crippen MR) is 69.4 cm³/mol. The Balaban J connectivity index is 2.36. The quantitative estimate of drug-likeness (QED) is 0.795. The lowest BCUT2D eigenvalue weighted by Gasteiger charge is -2.20. The van der Waals surface area contributed by atoms with Crippen molar-refractivity contribution in [1.29, 1.82) is 0 Å². The van der Waals surface area contributed by atoms with E-state index in [1.54, 1.807) is 17.0 Å². The molecule has 0 fully saturated rings. The van der Waals surface area contributed by atoms with Gasteiger partial charge < -0.3 is 9.80 Å². The molecule has 1 aliphatic rings. The first-order chi connectivity index (χ1) is 8.02. The van der Waals surface area contributed by atoms with Gasteiger partial charge in [0.15, 0.2) is 0 Å². The Labute approximate surface area is 108 Å². The van der Waals surface area contributed by atoms with Crippen LogP contribution < -0.4 is 4.90 Å². The van der Waals surface area contributed by atoms with Crippen LogP contribution in [-0.2, 0) is 4.79 Å². The van der Waals surface area contributed by atoms with Crippen molar-refractivity contribution < 1.29 is 9.59 Å². The molecule has 0 radical (unpaired) electrons. The fourth-order valence-electron chi connectivity index (χ4n) is 1.83. The Morgan fingerprint density at radius 3 is 2.65 bits per heavy atom. The number of hydrogen-bond donors (Lipinski definition) is 0. The normalized spacial score (nSPS) is 14.7. The van der Waals surface area contributed by atoms with E-state index in [4.69, 9.17) is 0 Å².